The second kappa shape index (κ2) is 7.70. The Morgan fingerprint density at radius 1 is 0.960 bits per heavy atom. The van der Waals surface area contributed by atoms with E-state index < -0.39 is 0 Å². The van der Waals surface area contributed by atoms with Crippen LogP contribution in [0.4, 0.5) is 11.4 Å². The molecule has 2 rings (SSSR count). The average Bonchev–Trinajstić information content (AvgIpc) is 2.47. The van der Waals surface area contributed by atoms with E-state index in [1.807, 2.05) is 52.0 Å². The quantitative estimate of drug-likeness (QED) is 0.870. The van der Waals surface area contributed by atoms with Gasteiger partial charge in [0.25, 0.3) is 0 Å². The van der Waals surface area contributed by atoms with E-state index in [0.717, 1.165) is 22.3 Å². The van der Waals surface area contributed by atoms with Gasteiger partial charge in [-0.1, -0.05) is 23.7 Å². The van der Waals surface area contributed by atoms with Crippen molar-refractivity contribution < 1.29 is 9.59 Å². The zero-order chi connectivity index (χ0) is 18.7. The number of nitrogens with one attached hydrogen (secondary N) is 1. The van der Waals surface area contributed by atoms with Crippen LogP contribution in [0.15, 0.2) is 30.3 Å². The topological polar surface area (TPSA) is 49.4 Å². The van der Waals surface area contributed by atoms with Gasteiger partial charge in [-0.2, -0.15) is 0 Å². The second-order valence-corrected chi connectivity index (χ2v) is 6.85. The number of hydrogen-bond donors (Lipinski definition) is 1. The molecule has 0 fully saturated rings. The lowest BCUT2D eigenvalue weighted by atomic mass is 10.1. The molecule has 2 amide bonds. The molecule has 2 aromatic carbocycles. The molecule has 25 heavy (non-hydrogen) atoms. The lowest BCUT2D eigenvalue weighted by Crippen LogP contribution is -2.37. The zero-order valence-electron chi connectivity index (χ0n) is 15.2. The third-order valence-corrected chi connectivity index (χ3v) is 4.19. The van der Waals surface area contributed by atoms with Crippen molar-refractivity contribution in [3.05, 3.63) is 57.6 Å². The Hall–Kier alpha value is -2.33. The second-order valence-electron chi connectivity index (χ2n) is 6.44. The van der Waals surface area contributed by atoms with Crippen molar-refractivity contribution in [2.75, 3.05) is 16.8 Å². The van der Waals surface area contributed by atoms with Crippen LogP contribution in [0, 0.1) is 27.7 Å². The average molecular weight is 359 g/mol. The number of halogens is 1. The number of benzene rings is 2. The highest BCUT2D eigenvalue weighted by Gasteiger charge is 2.18. The van der Waals surface area contributed by atoms with Gasteiger partial charge in [-0.15, -0.1) is 0 Å². The Morgan fingerprint density at radius 3 is 2.04 bits per heavy atom. The number of anilines is 2. The van der Waals surface area contributed by atoms with E-state index in [-0.39, 0.29) is 18.4 Å². The minimum atomic E-state index is -0.289. The smallest absolute Gasteiger partial charge is 0.244 e. The molecule has 0 unspecified atom stereocenters. The lowest BCUT2D eigenvalue weighted by molar-refractivity contribution is -0.120. The number of carbonyl (C=O) groups excluding carboxylic acids is 2. The summed E-state index contributed by atoms with van der Waals surface area (Å²) in [5.74, 6) is -0.477. The largest absolute Gasteiger partial charge is 0.323 e. The van der Waals surface area contributed by atoms with Crippen molar-refractivity contribution in [3.8, 4) is 0 Å². The Balaban J connectivity index is 2.23. The minimum absolute atomic E-state index is 0.0676. The summed E-state index contributed by atoms with van der Waals surface area (Å²) >= 11 is 6.24. The Morgan fingerprint density at radius 2 is 1.52 bits per heavy atom. The molecule has 0 heterocycles. The van der Waals surface area contributed by atoms with Crippen LogP contribution in [-0.4, -0.2) is 18.4 Å². The standard InChI is InChI=1S/C20H23ClN2O2/c1-12-6-13(2)9-17(8-12)23(16(5)24)11-19(25)22-20-15(4)7-14(3)10-18(20)21/h6-10H,11H2,1-5H3,(H,22,25). The first kappa shape index (κ1) is 19.0. The van der Waals surface area contributed by atoms with Crippen LogP contribution in [0.25, 0.3) is 0 Å². The maximum atomic E-state index is 12.5. The number of amides is 2. The van der Waals surface area contributed by atoms with Crippen LogP contribution in [0.5, 0.6) is 0 Å². The summed E-state index contributed by atoms with van der Waals surface area (Å²) in [4.78, 5) is 26.0. The fourth-order valence-corrected chi connectivity index (χ4v) is 3.26. The van der Waals surface area contributed by atoms with Crippen LogP contribution in [0.1, 0.15) is 29.2 Å². The molecule has 2 aromatic rings. The molecular formula is C20H23ClN2O2. The van der Waals surface area contributed by atoms with Crippen molar-refractivity contribution in [2.24, 2.45) is 0 Å². The first-order valence-electron chi connectivity index (χ1n) is 8.10. The summed E-state index contributed by atoms with van der Waals surface area (Å²) in [6.45, 7) is 9.15. The van der Waals surface area contributed by atoms with Crippen molar-refractivity contribution in [3.63, 3.8) is 0 Å². The van der Waals surface area contributed by atoms with Crippen molar-refractivity contribution in [2.45, 2.75) is 34.6 Å². The molecule has 0 aliphatic rings. The van der Waals surface area contributed by atoms with Crippen molar-refractivity contribution in [1.29, 1.82) is 0 Å². The lowest BCUT2D eigenvalue weighted by Gasteiger charge is -2.22. The van der Waals surface area contributed by atoms with Gasteiger partial charge in [-0.25, -0.2) is 0 Å². The molecule has 0 aliphatic carbocycles. The molecule has 0 aromatic heterocycles. The Kier molecular flexibility index (Phi) is 5.85. The Labute approximate surface area is 153 Å². The van der Waals surface area contributed by atoms with Gasteiger partial charge in [0, 0.05) is 12.6 Å². The van der Waals surface area contributed by atoms with Gasteiger partial charge in [0.2, 0.25) is 11.8 Å². The van der Waals surface area contributed by atoms with Crippen LogP contribution < -0.4 is 10.2 Å². The van der Waals surface area contributed by atoms with E-state index in [9.17, 15) is 9.59 Å². The van der Waals surface area contributed by atoms with Gasteiger partial charge in [0.1, 0.15) is 6.54 Å². The van der Waals surface area contributed by atoms with Crippen LogP contribution >= 0.6 is 11.6 Å². The molecule has 0 bridgehead atoms. The Bertz CT molecular complexity index is 787. The summed E-state index contributed by atoms with van der Waals surface area (Å²) in [5, 5.41) is 3.32. The fraction of sp³-hybridized carbons (Fsp3) is 0.300. The maximum Gasteiger partial charge on any atom is 0.244 e. The molecule has 0 spiro atoms. The SMILES string of the molecule is CC(=O)N(CC(=O)Nc1c(C)cc(C)cc1Cl)c1cc(C)cc(C)c1. The first-order chi connectivity index (χ1) is 11.7. The maximum absolute atomic E-state index is 12.5. The monoisotopic (exact) mass is 358 g/mol. The molecule has 0 radical (unpaired) electrons. The van der Waals surface area contributed by atoms with E-state index >= 15 is 0 Å². The molecule has 5 heteroatoms. The van der Waals surface area contributed by atoms with E-state index in [4.69, 9.17) is 11.6 Å². The number of rotatable bonds is 4. The molecule has 4 nitrogen and oxygen atoms in total. The number of aryl methyl sites for hydroxylation is 4. The molecular weight excluding hydrogens is 336 g/mol. The van der Waals surface area contributed by atoms with E-state index in [1.165, 1.54) is 11.8 Å². The fourth-order valence-electron chi connectivity index (χ4n) is 2.89. The summed E-state index contributed by atoms with van der Waals surface area (Å²) in [6.07, 6.45) is 0. The van der Waals surface area contributed by atoms with Crippen molar-refractivity contribution >= 4 is 34.8 Å². The van der Waals surface area contributed by atoms with Gasteiger partial charge in [0.05, 0.1) is 10.7 Å². The van der Waals surface area contributed by atoms with Gasteiger partial charge in [-0.05, 0) is 68.1 Å². The predicted molar refractivity (Wildman–Crippen MR) is 103 cm³/mol. The van der Waals surface area contributed by atoms with E-state index in [0.29, 0.717) is 16.4 Å². The molecule has 0 atom stereocenters. The zero-order valence-corrected chi connectivity index (χ0v) is 16.0. The molecule has 0 aliphatic heterocycles. The summed E-state index contributed by atoms with van der Waals surface area (Å²) in [6, 6.07) is 9.57. The van der Waals surface area contributed by atoms with Crippen molar-refractivity contribution in [1.82, 2.24) is 0 Å². The van der Waals surface area contributed by atoms with Gasteiger partial charge in [-0.3, -0.25) is 9.59 Å². The highest BCUT2D eigenvalue weighted by atomic mass is 35.5. The van der Waals surface area contributed by atoms with Crippen LogP contribution in [0.2, 0.25) is 5.02 Å². The first-order valence-corrected chi connectivity index (χ1v) is 8.48. The van der Waals surface area contributed by atoms with Gasteiger partial charge < -0.3 is 10.2 Å². The minimum Gasteiger partial charge on any atom is -0.323 e. The number of hydrogen-bond acceptors (Lipinski definition) is 2. The summed E-state index contributed by atoms with van der Waals surface area (Å²) < 4.78 is 0. The molecule has 1 N–H and O–H groups in total. The van der Waals surface area contributed by atoms with Gasteiger partial charge >= 0.3 is 0 Å². The highest BCUT2D eigenvalue weighted by Crippen LogP contribution is 2.27. The molecule has 132 valence electrons. The predicted octanol–water partition coefficient (Wildman–Crippen LogP) is 4.57. The summed E-state index contributed by atoms with van der Waals surface area (Å²) in [5.41, 5.74) is 5.30. The summed E-state index contributed by atoms with van der Waals surface area (Å²) in [7, 11) is 0. The third-order valence-electron chi connectivity index (χ3n) is 3.90. The number of carbonyl (C=O) groups is 2. The number of nitrogens with zero attached hydrogens (tertiary/aromatic N) is 1. The van der Waals surface area contributed by atoms with Crippen LogP contribution in [0.3, 0.4) is 0 Å². The van der Waals surface area contributed by atoms with Gasteiger partial charge in [0.15, 0.2) is 0 Å². The molecule has 0 saturated heterocycles. The highest BCUT2D eigenvalue weighted by molar-refractivity contribution is 6.34. The molecule has 0 saturated carbocycles. The normalized spacial score (nSPS) is 10.5. The van der Waals surface area contributed by atoms with E-state index in [1.54, 1.807) is 6.07 Å². The van der Waals surface area contributed by atoms with E-state index in [2.05, 4.69) is 5.32 Å². The third kappa shape index (κ3) is 4.83. The van der Waals surface area contributed by atoms with Crippen LogP contribution in [-0.2, 0) is 9.59 Å².